The minimum atomic E-state index is 0.0205. The maximum atomic E-state index is 13.2. The fraction of sp³-hybridized carbons (Fsp3) is 0.350. The Morgan fingerprint density at radius 1 is 1.11 bits per heavy atom. The van der Waals surface area contributed by atoms with Gasteiger partial charge in [-0.05, 0) is 24.5 Å². The van der Waals surface area contributed by atoms with Gasteiger partial charge in [-0.3, -0.25) is 4.79 Å². The number of hydrogen-bond donors (Lipinski definition) is 0. The summed E-state index contributed by atoms with van der Waals surface area (Å²) < 4.78 is 3.79. The number of imidazole rings is 1. The molecule has 0 unspecified atom stereocenters. The number of hydrogen-bond acceptors (Lipinski definition) is 6. The van der Waals surface area contributed by atoms with Crippen molar-refractivity contribution in [3.63, 3.8) is 0 Å². The van der Waals surface area contributed by atoms with Gasteiger partial charge in [-0.25, -0.2) is 15.0 Å². The standard InChI is InChI=1S/C20H19N7O/c1-25-7-6-24-18(25)15-2-3-17-14-8-13(11-27(17)20(15)28)10-26(12-14)19-16(9-21)22-4-5-23-19/h2-7,13-14H,8,10-12H2,1H3/t13-,14+/m0/s1. The van der Waals surface area contributed by atoms with Crippen molar-refractivity contribution in [2.75, 3.05) is 18.0 Å². The Morgan fingerprint density at radius 3 is 2.75 bits per heavy atom. The van der Waals surface area contributed by atoms with E-state index in [9.17, 15) is 10.1 Å². The molecule has 1 saturated heterocycles. The molecule has 0 aromatic carbocycles. The number of rotatable bonds is 2. The Bertz CT molecular complexity index is 1160. The van der Waals surface area contributed by atoms with Crippen molar-refractivity contribution in [3.8, 4) is 17.5 Å². The van der Waals surface area contributed by atoms with Crippen molar-refractivity contribution in [3.05, 3.63) is 58.7 Å². The summed E-state index contributed by atoms with van der Waals surface area (Å²) >= 11 is 0. The minimum absolute atomic E-state index is 0.0205. The minimum Gasteiger partial charge on any atom is -0.353 e. The molecule has 5 heterocycles. The van der Waals surface area contributed by atoms with Crippen LogP contribution in [0.25, 0.3) is 11.4 Å². The number of anilines is 1. The quantitative estimate of drug-likeness (QED) is 0.676. The zero-order valence-corrected chi connectivity index (χ0v) is 15.5. The van der Waals surface area contributed by atoms with E-state index in [2.05, 4.69) is 32.0 Å². The Hall–Kier alpha value is -3.47. The smallest absolute Gasteiger partial charge is 0.261 e. The lowest BCUT2D eigenvalue weighted by atomic mass is 9.83. The van der Waals surface area contributed by atoms with Crippen LogP contribution < -0.4 is 10.5 Å². The number of aromatic nitrogens is 5. The van der Waals surface area contributed by atoms with Gasteiger partial charge in [0.05, 0.1) is 5.56 Å². The molecule has 8 heteroatoms. The summed E-state index contributed by atoms with van der Waals surface area (Å²) in [5.74, 6) is 1.88. The molecule has 0 saturated carbocycles. The molecule has 0 spiro atoms. The molecule has 3 aromatic heterocycles. The second-order valence-electron chi connectivity index (χ2n) is 7.49. The summed E-state index contributed by atoms with van der Waals surface area (Å²) in [4.78, 5) is 28.2. The average molecular weight is 373 g/mol. The fourth-order valence-corrected chi connectivity index (χ4v) is 4.56. The number of fused-ring (bicyclic) bond motifs is 4. The zero-order valence-electron chi connectivity index (χ0n) is 15.5. The van der Waals surface area contributed by atoms with Gasteiger partial charge >= 0.3 is 0 Å². The number of pyridine rings is 1. The van der Waals surface area contributed by atoms with Crippen molar-refractivity contribution in [2.45, 2.75) is 18.9 Å². The Kier molecular flexibility index (Phi) is 3.76. The molecule has 2 aliphatic rings. The van der Waals surface area contributed by atoms with Crippen molar-refractivity contribution in [2.24, 2.45) is 13.0 Å². The highest BCUT2D eigenvalue weighted by Gasteiger charge is 2.36. The van der Waals surface area contributed by atoms with Crippen molar-refractivity contribution in [1.82, 2.24) is 24.1 Å². The first-order chi connectivity index (χ1) is 13.7. The molecule has 140 valence electrons. The second kappa shape index (κ2) is 6.30. The van der Waals surface area contributed by atoms with E-state index in [1.807, 2.05) is 28.4 Å². The topological polar surface area (TPSA) is 92.6 Å². The van der Waals surface area contributed by atoms with Gasteiger partial charge in [0.25, 0.3) is 5.56 Å². The summed E-state index contributed by atoms with van der Waals surface area (Å²) in [6, 6.07) is 6.08. The maximum absolute atomic E-state index is 13.2. The number of nitrogens with zero attached hydrogens (tertiary/aromatic N) is 7. The van der Waals surface area contributed by atoms with Gasteiger partial charge < -0.3 is 14.0 Å². The predicted octanol–water partition coefficient (Wildman–Crippen LogP) is 1.53. The lowest BCUT2D eigenvalue weighted by Crippen LogP contribution is -2.48. The van der Waals surface area contributed by atoms with Crippen molar-refractivity contribution in [1.29, 1.82) is 5.26 Å². The molecule has 2 atom stereocenters. The molecule has 1 fully saturated rings. The average Bonchev–Trinajstić information content (AvgIpc) is 3.14. The molecule has 0 aliphatic carbocycles. The van der Waals surface area contributed by atoms with E-state index in [1.165, 1.54) is 0 Å². The van der Waals surface area contributed by atoms with Crippen molar-refractivity contribution >= 4 is 5.82 Å². The summed E-state index contributed by atoms with van der Waals surface area (Å²) in [6.07, 6.45) is 7.76. The van der Waals surface area contributed by atoms with Crippen LogP contribution in [0.3, 0.4) is 0 Å². The maximum Gasteiger partial charge on any atom is 0.261 e. The fourth-order valence-electron chi connectivity index (χ4n) is 4.56. The van der Waals surface area contributed by atoms with Crippen LogP contribution in [-0.4, -0.2) is 37.2 Å². The normalized spacial score (nSPS) is 20.5. The van der Waals surface area contributed by atoms with Crippen LogP contribution in [0.4, 0.5) is 5.82 Å². The molecular formula is C20H19N7O. The number of piperidine rings is 1. The van der Waals surface area contributed by atoms with E-state index in [4.69, 9.17) is 0 Å². The van der Waals surface area contributed by atoms with Crippen LogP contribution in [0.2, 0.25) is 0 Å². The third-order valence-corrected chi connectivity index (χ3v) is 5.75. The zero-order chi connectivity index (χ0) is 19.3. The molecule has 0 radical (unpaired) electrons. The Morgan fingerprint density at radius 2 is 1.96 bits per heavy atom. The molecule has 2 bridgehead atoms. The molecule has 5 rings (SSSR count). The van der Waals surface area contributed by atoms with Gasteiger partial charge in [-0.1, -0.05) is 0 Å². The monoisotopic (exact) mass is 373 g/mol. The first-order valence-electron chi connectivity index (χ1n) is 9.33. The molecule has 0 N–H and O–H groups in total. The highest BCUT2D eigenvalue weighted by molar-refractivity contribution is 5.55. The third kappa shape index (κ3) is 2.51. The van der Waals surface area contributed by atoms with E-state index in [1.54, 1.807) is 18.6 Å². The lowest BCUT2D eigenvalue weighted by Gasteiger charge is -2.43. The lowest BCUT2D eigenvalue weighted by molar-refractivity contribution is 0.280. The number of nitriles is 1. The van der Waals surface area contributed by atoms with Crippen LogP contribution in [0.15, 0.2) is 41.7 Å². The third-order valence-electron chi connectivity index (χ3n) is 5.75. The molecule has 2 aliphatic heterocycles. The summed E-state index contributed by atoms with van der Waals surface area (Å²) in [5, 5.41) is 9.36. The molecule has 28 heavy (non-hydrogen) atoms. The van der Waals surface area contributed by atoms with Gasteiger partial charge in [-0.2, -0.15) is 5.26 Å². The summed E-state index contributed by atoms with van der Waals surface area (Å²) in [5.41, 5.74) is 2.05. The van der Waals surface area contributed by atoms with E-state index in [0.717, 1.165) is 25.2 Å². The molecule has 0 amide bonds. The highest BCUT2D eigenvalue weighted by atomic mass is 16.1. The van der Waals surface area contributed by atoms with E-state index < -0.39 is 0 Å². The van der Waals surface area contributed by atoms with E-state index >= 15 is 0 Å². The van der Waals surface area contributed by atoms with Crippen LogP contribution in [0.1, 0.15) is 23.7 Å². The number of aryl methyl sites for hydroxylation is 1. The Labute approximate surface area is 161 Å². The summed E-state index contributed by atoms with van der Waals surface area (Å²) in [6.45, 7) is 2.16. The van der Waals surface area contributed by atoms with Gasteiger partial charge in [0.15, 0.2) is 11.5 Å². The molecule has 3 aromatic rings. The summed E-state index contributed by atoms with van der Waals surface area (Å²) in [7, 11) is 1.90. The Balaban J connectivity index is 1.53. The van der Waals surface area contributed by atoms with Gasteiger partial charge in [-0.15, -0.1) is 0 Å². The van der Waals surface area contributed by atoms with Crippen LogP contribution in [-0.2, 0) is 13.6 Å². The van der Waals surface area contributed by atoms with Gasteiger partial charge in [0.1, 0.15) is 11.9 Å². The largest absolute Gasteiger partial charge is 0.353 e. The van der Waals surface area contributed by atoms with E-state index in [-0.39, 0.29) is 11.5 Å². The first kappa shape index (κ1) is 16.7. The SMILES string of the molecule is Cn1ccnc1-c1ccc2n(c1=O)C[C@H]1C[C@@H]2CN(c2nccnc2C#N)C1. The predicted molar refractivity (Wildman–Crippen MR) is 103 cm³/mol. The molecule has 8 nitrogen and oxygen atoms in total. The van der Waals surface area contributed by atoms with Crippen LogP contribution in [0, 0.1) is 17.2 Å². The van der Waals surface area contributed by atoms with Crippen LogP contribution in [0.5, 0.6) is 0 Å². The van der Waals surface area contributed by atoms with Gasteiger partial charge in [0, 0.05) is 63.1 Å². The van der Waals surface area contributed by atoms with Crippen molar-refractivity contribution < 1.29 is 0 Å². The molecular weight excluding hydrogens is 354 g/mol. The first-order valence-corrected chi connectivity index (χ1v) is 9.33. The second-order valence-corrected chi connectivity index (χ2v) is 7.49. The highest BCUT2D eigenvalue weighted by Crippen LogP contribution is 2.37. The van der Waals surface area contributed by atoms with Crippen LogP contribution >= 0.6 is 0 Å². The van der Waals surface area contributed by atoms with Gasteiger partial charge in [0.2, 0.25) is 0 Å². The van der Waals surface area contributed by atoms with E-state index in [0.29, 0.717) is 35.4 Å².